The highest BCUT2D eigenvalue weighted by atomic mass is 35.5. The van der Waals surface area contributed by atoms with Crippen LogP contribution < -0.4 is 10.2 Å². The Morgan fingerprint density at radius 3 is 2.39 bits per heavy atom. The second-order valence-corrected chi connectivity index (χ2v) is 7.85. The molecule has 9 heteroatoms. The molecule has 0 spiro atoms. The highest BCUT2D eigenvalue weighted by Crippen LogP contribution is 2.22. The molecule has 1 aromatic heterocycles. The van der Waals surface area contributed by atoms with E-state index in [-0.39, 0.29) is 11.9 Å². The van der Waals surface area contributed by atoms with Gasteiger partial charge in [0.05, 0.1) is 0 Å². The third-order valence-electron chi connectivity index (χ3n) is 4.01. The molecule has 1 aromatic carbocycles. The zero-order valence-electron chi connectivity index (χ0n) is 16.1. The molecule has 1 aliphatic heterocycles. The summed E-state index contributed by atoms with van der Waals surface area (Å²) in [6.07, 6.45) is -0.321. The predicted molar refractivity (Wildman–Crippen MR) is 107 cm³/mol. The smallest absolute Gasteiger partial charge is 0.410 e. The summed E-state index contributed by atoms with van der Waals surface area (Å²) in [4.78, 5) is 24.6. The number of carbonyl (C=O) groups excluding carboxylic acids is 1. The predicted octanol–water partition coefficient (Wildman–Crippen LogP) is 4.07. The number of halogens is 2. The number of benzene rings is 1. The van der Waals surface area contributed by atoms with Crippen LogP contribution in [0.15, 0.2) is 30.3 Å². The molecule has 0 atom stereocenters. The van der Waals surface area contributed by atoms with Crippen LogP contribution in [0.4, 0.5) is 26.6 Å². The highest BCUT2D eigenvalue weighted by Gasteiger charge is 2.27. The van der Waals surface area contributed by atoms with Crippen molar-refractivity contribution in [3.05, 3.63) is 41.3 Å². The first-order valence-corrected chi connectivity index (χ1v) is 9.37. The Hall–Kier alpha value is -2.61. The van der Waals surface area contributed by atoms with Gasteiger partial charge in [-0.25, -0.2) is 14.2 Å². The van der Waals surface area contributed by atoms with Crippen LogP contribution in [0.1, 0.15) is 20.8 Å². The molecule has 1 fully saturated rings. The van der Waals surface area contributed by atoms with E-state index in [1.165, 1.54) is 12.1 Å². The molecule has 28 heavy (non-hydrogen) atoms. The van der Waals surface area contributed by atoms with E-state index in [1.807, 2.05) is 25.7 Å². The SMILES string of the molecule is CC(C)(C)OC(=O)N1CCN(c2nc(Cl)cc(Nc3ccc(F)cc3)n2)CC1. The lowest BCUT2D eigenvalue weighted by atomic mass is 10.2. The Morgan fingerprint density at radius 2 is 1.79 bits per heavy atom. The van der Waals surface area contributed by atoms with Crippen molar-refractivity contribution in [3.63, 3.8) is 0 Å². The highest BCUT2D eigenvalue weighted by molar-refractivity contribution is 6.29. The van der Waals surface area contributed by atoms with Gasteiger partial charge in [-0.05, 0) is 45.0 Å². The summed E-state index contributed by atoms with van der Waals surface area (Å²) < 4.78 is 18.5. The van der Waals surface area contributed by atoms with E-state index in [4.69, 9.17) is 16.3 Å². The standard InChI is InChI=1S/C19H23ClFN5O2/c1-19(2,3)28-18(27)26-10-8-25(9-11-26)17-23-15(20)12-16(24-17)22-14-6-4-13(21)5-7-14/h4-7,12H,8-11H2,1-3H3,(H,22,23,24). The van der Waals surface area contributed by atoms with Crippen molar-refractivity contribution < 1.29 is 13.9 Å². The first-order valence-electron chi connectivity index (χ1n) is 9.00. The molecule has 0 bridgehead atoms. The Labute approximate surface area is 168 Å². The van der Waals surface area contributed by atoms with Gasteiger partial charge in [0.15, 0.2) is 0 Å². The van der Waals surface area contributed by atoms with Gasteiger partial charge in [0.2, 0.25) is 5.95 Å². The molecule has 1 N–H and O–H groups in total. The maximum absolute atomic E-state index is 13.1. The van der Waals surface area contributed by atoms with Crippen molar-refractivity contribution >= 4 is 35.1 Å². The number of hydrogen-bond acceptors (Lipinski definition) is 6. The number of aromatic nitrogens is 2. The van der Waals surface area contributed by atoms with Crippen molar-refractivity contribution in [2.45, 2.75) is 26.4 Å². The summed E-state index contributed by atoms with van der Waals surface area (Å²) in [5.41, 5.74) is 0.169. The lowest BCUT2D eigenvalue weighted by molar-refractivity contribution is 0.0240. The molecular weight excluding hydrogens is 385 g/mol. The summed E-state index contributed by atoms with van der Waals surface area (Å²) in [6.45, 7) is 7.67. The van der Waals surface area contributed by atoms with Crippen LogP contribution in [0, 0.1) is 5.82 Å². The third kappa shape index (κ3) is 5.45. The minimum Gasteiger partial charge on any atom is -0.444 e. The average molecular weight is 408 g/mol. The molecule has 2 heterocycles. The number of nitrogens with zero attached hydrogens (tertiary/aromatic N) is 4. The number of rotatable bonds is 3. The number of piperazine rings is 1. The first-order chi connectivity index (χ1) is 13.2. The number of amides is 1. The molecule has 1 aliphatic rings. The largest absolute Gasteiger partial charge is 0.444 e. The van der Waals surface area contributed by atoms with Gasteiger partial charge in [-0.3, -0.25) is 0 Å². The molecule has 0 saturated carbocycles. The number of anilines is 3. The summed E-state index contributed by atoms with van der Waals surface area (Å²) in [6, 6.07) is 7.56. The normalized spacial score (nSPS) is 14.8. The van der Waals surface area contributed by atoms with Gasteiger partial charge in [-0.1, -0.05) is 11.6 Å². The van der Waals surface area contributed by atoms with Crippen LogP contribution in [0.5, 0.6) is 0 Å². The summed E-state index contributed by atoms with van der Waals surface area (Å²) in [5, 5.41) is 3.39. The Balaban J connectivity index is 1.65. The van der Waals surface area contributed by atoms with E-state index in [0.29, 0.717) is 48.8 Å². The van der Waals surface area contributed by atoms with Gasteiger partial charge in [0, 0.05) is 37.9 Å². The zero-order valence-corrected chi connectivity index (χ0v) is 16.8. The van der Waals surface area contributed by atoms with E-state index in [0.717, 1.165) is 0 Å². The fraction of sp³-hybridized carbons (Fsp3) is 0.421. The topological polar surface area (TPSA) is 70.6 Å². The molecule has 150 valence electrons. The van der Waals surface area contributed by atoms with Gasteiger partial charge < -0.3 is 19.9 Å². The van der Waals surface area contributed by atoms with Crippen molar-refractivity contribution in [2.24, 2.45) is 0 Å². The molecule has 0 unspecified atom stereocenters. The Morgan fingerprint density at radius 1 is 1.14 bits per heavy atom. The lowest BCUT2D eigenvalue weighted by Crippen LogP contribution is -2.50. The van der Waals surface area contributed by atoms with Crippen LogP contribution in [0.25, 0.3) is 0 Å². The van der Waals surface area contributed by atoms with E-state index < -0.39 is 5.60 Å². The van der Waals surface area contributed by atoms with Crippen LogP contribution in [0.3, 0.4) is 0 Å². The van der Waals surface area contributed by atoms with Crippen molar-refractivity contribution in [2.75, 3.05) is 36.4 Å². The second kappa shape index (κ2) is 8.18. The zero-order chi connectivity index (χ0) is 20.3. The van der Waals surface area contributed by atoms with E-state index in [2.05, 4.69) is 15.3 Å². The molecule has 2 aromatic rings. The van der Waals surface area contributed by atoms with E-state index >= 15 is 0 Å². The number of carbonyl (C=O) groups is 1. The number of nitrogens with one attached hydrogen (secondary N) is 1. The Bertz CT molecular complexity index is 833. The monoisotopic (exact) mass is 407 g/mol. The second-order valence-electron chi connectivity index (χ2n) is 7.46. The Kier molecular flexibility index (Phi) is 5.88. The third-order valence-corrected chi connectivity index (χ3v) is 4.21. The lowest BCUT2D eigenvalue weighted by Gasteiger charge is -2.35. The summed E-state index contributed by atoms with van der Waals surface area (Å²) in [7, 11) is 0. The minimum atomic E-state index is -0.523. The molecule has 1 saturated heterocycles. The quantitative estimate of drug-likeness (QED) is 0.773. The summed E-state index contributed by atoms with van der Waals surface area (Å²) in [5.74, 6) is 0.673. The number of hydrogen-bond donors (Lipinski definition) is 1. The molecule has 0 radical (unpaired) electrons. The first kappa shape index (κ1) is 20.1. The fourth-order valence-electron chi connectivity index (χ4n) is 2.71. The van der Waals surface area contributed by atoms with Crippen molar-refractivity contribution in [1.29, 1.82) is 0 Å². The number of ether oxygens (including phenoxy) is 1. The van der Waals surface area contributed by atoms with Gasteiger partial charge in [0.25, 0.3) is 0 Å². The van der Waals surface area contributed by atoms with Gasteiger partial charge in [0.1, 0.15) is 22.4 Å². The van der Waals surface area contributed by atoms with Crippen molar-refractivity contribution in [1.82, 2.24) is 14.9 Å². The maximum Gasteiger partial charge on any atom is 0.410 e. The molecule has 0 aliphatic carbocycles. The van der Waals surface area contributed by atoms with Crippen LogP contribution in [-0.4, -0.2) is 52.7 Å². The molecule has 7 nitrogen and oxygen atoms in total. The van der Waals surface area contributed by atoms with E-state index in [9.17, 15) is 9.18 Å². The fourth-order valence-corrected chi connectivity index (χ4v) is 2.89. The average Bonchev–Trinajstić information content (AvgIpc) is 2.62. The van der Waals surface area contributed by atoms with Gasteiger partial charge in [-0.2, -0.15) is 4.98 Å². The minimum absolute atomic E-state index is 0.296. The van der Waals surface area contributed by atoms with Crippen LogP contribution in [-0.2, 0) is 4.74 Å². The van der Waals surface area contributed by atoms with E-state index in [1.54, 1.807) is 23.1 Å². The molecule has 3 rings (SSSR count). The maximum atomic E-state index is 13.1. The molecular formula is C19H23ClFN5O2. The van der Waals surface area contributed by atoms with Crippen LogP contribution in [0.2, 0.25) is 5.15 Å². The van der Waals surface area contributed by atoms with Gasteiger partial charge >= 0.3 is 6.09 Å². The van der Waals surface area contributed by atoms with Crippen molar-refractivity contribution in [3.8, 4) is 0 Å². The molecule has 1 amide bonds. The van der Waals surface area contributed by atoms with Gasteiger partial charge in [-0.15, -0.1) is 0 Å². The summed E-state index contributed by atoms with van der Waals surface area (Å²) >= 11 is 6.15. The van der Waals surface area contributed by atoms with Crippen LogP contribution >= 0.6 is 11.6 Å².